The van der Waals surface area contributed by atoms with Crippen molar-refractivity contribution in [2.45, 2.75) is 6.42 Å². The summed E-state index contributed by atoms with van der Waals surface area (Å²) in [5.74, 6) is 1.80. The Morgan fingerprint density at radius 2 is 1.59 bits per heavy atom. The SMILES string of the molecule is Cn1cc(-c2ccc3c(N4CCN(c5nc(Cc6ccccc6)n(C)n5)CC4)cnn3c2)cn1. The monoisotopic (exact) mass is 453 g/mol. The van der Waals surface area contributed by atoms with E-state index in [4.69, 9.17) is 10.1 Å². The fraction of sp³-hybridized carbons (Fsp3) is 0.280. The zero-order valence-electron chi connectivity index (χ0n) is 19.4. The molecule has 4 aromatic heterocycles. The molecular weight excluding hydrogens is 426 g/mol. The third-order valence-corrected chi connectivity index (χ3v) is 6.48. The van der Waals surface area contributed by atoms with Crippen LogP contribution in [0, 0.1) is 0 Å². The average molecular weight is 454 g/mol. The molecule has 0 unspecified atom stereocenters. The lowest BCUT2D eigenvalue weighted by Crippen LogP contribution is -2.47. The molecule has 0 spiro atoms. The van der Waals surface area contributed by atoms with E-state index in [0.717, 1.165) is 66.7 Å². The van der Waals surface area contributed by atoms with E-state index < -0.39 is 0 Å². The van der Waals surface area contributed by atoms with Crippen molar-refractivity contribution < 1.29 is 0 Å². The quantitative estimate of drug-likeness (QED) is 0.408. The maximum Gasteiger partial charge on any atom is 0.245 e. The van der Waals surface area contributed by atoms with Gasteiger partial charge in [-0.25, -0.2) is 4.52 Å². The number of anilines is 2. The Morgan fingerprint density at radius 1 is 0.794 bits per heavy atom. The van der Waals surface area contributed by atoms with Gasteiger partial charge < -0.3 is 9.80 Å². The lowest BCUT2D eigenvalue weighted by Gasteiger charge is -2.34. The maximum absolute atomic E-state index is 4.84. The zero-order chi connectivity index (χ0) is 23.1. The van der Waals surface area contributed by atoms with Crippen molar-refractivity contribution >= 4 is 17.2 Å². The average Bonchev–Trinajstić information content (AvgIpc) is 3.58. The Bertz CT molecular complexity index is 1420. The molecule has 1 aromatic carbocycles. The van der Waals surface area contributed by atoms with Crippen LogP contribution in [0.25, 0.3) is 16.6 Å². The largest absolute Gasteiger partial charge is 0.365 e. The van der Waals surface area contributed by atoms with Gasteiger partial charge in [0.1, 0.15) is 5.82 Å². The van der Waals surface area contributed by atoms with Crippen LogP contribution in [-0.4, -0.2) is 60.3 Å². The number of rotatable bonds is 5. The first-order valence-electron chi connectivity index (χ1n) is 11.5. The summed E-state index contributed by atoms with van der Waals surface area (Å²) in [7, 11) is 3.90. The summed E-state index contributed by atoms with van der Waals surface area (Å²) >= 11 is 0. The van der Waals surface area contributed by atoms with Crippen LogP contribution in [0.3, 0.4) is 0 Å². The first-order valence-corrected chi connectivity index (χ1v) is 11.5. The van der Waals surface area contributed by atoms with E-state index in [1.165, 1.54) is 5.56 Å². The summed E-state index contributed by atoms with van der Waals surface area (Å²) in [4.78, 5) is 9.52. The summed E-state index contributed by atoms with van der Waals surface area (Å²) in [6.45, 7) is 3.55. The highest BCUT2D eigenvalue weighted by Crippen LogP contribution is 2.27. The van der Waals surface area contributed by atoms with Crippen molar-refractivity contribution in [2.24, 2.45) is 14.1 Å². The van der Waals surface area contributed by atoms with Crippen molar-refractivity contribution in [1.29, 1.82) is 0 Å². The topological polar surface area (TPSA) is 72.3 Å². The number of aryl methyl sites for hydroxylation is 2. The molecule has 1 fully saturated rings. The van der Waals surface area contributed by atoms with Crippen LogP contribution in [0.2, 0.25) is 0 Å². The molecule has 5 heterocycles. The molecule has 34 heavy (non-hydrogen) atoms. The standard InChI is InChI=1S/C25H27N9/c1-30-17-21(15-26-30)20-8-9-22-23(16-27-34(22)18-20)32-10-12-33(13-11-32)25-28-24(31(2)29-25)14-19-6-4-3-5-7-19/h3-9,15-18H,10-14H2,1-2H3. The highest BCUT2D eigenvalue weighted by Gasteiger charge is 2.23. The Balaban J connectivity index is 1.15. The van der Waals surface area contributed by atoms with Gasteiger partial charge in [0.25, 0.3) is 0 Å². The minimum absolute atomic E-state index is 0.785. The molecule has 1 aliphatic rings. The molecule has 1 aliphatic heterocycles. The molecule has 0 bridgehead atoms. The Kier molecular flexibility index (Phi) is 5.01. The molecule has 6 rings (SSSR count). The van der Waals surface area contributed by atoms with Gasteiger partial charge in [-0.2, -0.15) is 15.2 Å². The van der Waals surface area contributed by atoms with Crippen molar-refractivity contribution in [3.05, 3.63) is 78.6 Å². The maximum atomic E-state index is 4.84. The van der Waals surface area contributed by atoms with E-state index >= 15 is 0 Å². The number of pyridine rings is 1. The Labute approximate surface area is 197 Å². The van der Waals surface area contributed by atoms with Gasteiger partial charge in [0.15, 0.2) is 0 Å². The number of piperazine rings is 1. The fourth-order valence-electron chi connectivity index (χ4n) is 4.57. The first kappa shape index (κ1) is 20.5. The Morgan fingerprint density at radius 3 is 2.35 bits per heavy atom. The zero-order valence-corrected chi connectivity index (χ0v) is 19.4. The third kappa shape index (κ3) is 3.79. The van der Waals surface area contributed by atoms with E-state index in [1.54, 1.807) is 0 Å². The normalized spacial score (nSPS) is 14.3. The molecule has 5 aromatic rings. The van der Waals surface area contributed by atoms with Crippen molar-refractivity contribution in [3.8, 4) is 11.1 Å². The van der Waals surface area contributed by atoms with Gasteiger partial charge in [0.05, 0.1) is 23.6 Å². The van der Waals surface area contributed by atoms with Gasteiger partial charge in [-0.15, -0.1) is 5.10 Å². The molecular formula is C25H27N9. The molecule has 0 atom stereocenters. The molecule has 1 saturated heterocycles. The Hall–Kier alpha value is -4.14. The van der Waals surface area contributed by atoms with Gasteiger partial charge in [0, 0.05) is 70.2 Å². The van der Waals surface area contributed by atoms with Crippen LogP contribution in [0.15, 0.2) is 67.3 Å². The minimum atomic E-state index is 0.785. The van der Waals surface area contributed by atoms with E-state index in [-0.39, 0.29) is 0 Å². The van der Waals surface area contributed by atoms with Crippen LogP contribution in [0.5, 0.6) is 0 Å². The fourth-order valence-corrected chi connectivity index (χ4v) is 4.57. The molecule has 0 radical (unpaired) electrons. The summed E-state index contributed by atoms with van der Waals surface area (Å²) in [6.07, 6.45) is 8.71. The smallest absolute Gasteiger partial charge is 0.245 e. The number of aromatic nitrogens is 7. The van der Waals surface area contributed by atoms with Gasteiger partial charge in [-0.3, -0.25) is 9.36 Å². The summed E-state index contributed by atoms with van der Waals surface area (Å²) in [5.41, 5.74) is 5.71. The highest BCUT2D eigenvalue weighted by atomic mass is 15.4. The summed E-state index contributed by atoms with van der Waals surface area (Å²) in [5, 5.41) is 13.6. The molecule has 9 nitrogen and oxygen atoms in total. The van der Waals surface area contributed by atoms with Gasteiger partial charge in [0.2, 0.25) is 5.95 Å². The summed E-state index contributed by atoms with van der Waals surface area (Å²) in [6, 6.07) is 14.7. The predicted octanol–water partition coefficient (Wildman–Crippen LogP) is 2.78. The number of benzene rings is 1. The molecule has 0 N–H and O–H groups in total. The lowest BCUT2D eigenvalue weighted by atomic mass is 10.1. The van der Waals surface area contributed by atoms with E-state index in [1.807, 2.05) is 52.6 Å². The van der Waals surface area contributed by atoms with Crippen molar-refractivity contribution in [1.82, 2.24) is 34.2 Å². The van der Waals surface area contributed by atoms with Gasteiger partial charge in [-0.1, -0.05) is 36.4 Å². The number of nitrogens with zero attached hydrogens (tertiary/aromatic N) is 9. The molecule has 0 aliphatic carbocycles. The van der Waals surface area contributed by atoms with Crippen LogP contribution in [-0.2, 0) is 20.5 Å². The second-order valence-electron chi connectivity index (χ2n) is 8.77. The van der Waals surface area contributed by atoms with Crippen LogP contribution in [0.4, 0.5) is 11.6 Å². The molecule has 172 valence electrons. The van der Waals surface area contributed by atoms with Crippen LogP contribution < -0.4 is 9.80 Å². The summed E-state index contributed by atoms with van der Waals surface area (Å²) < 4.78 is 5.68. The first-order chi connectivity index (χ1) is 16.6. The second-order valence-corrected chi connectivity index (χ2v) is 8.77. The molecule has 9 heteroatoms. The van der Waals surface area contributed by atoms with Crippen LogP contribution >= 0.6 is 0 Å². The van der Waals surface area contributed by atoms with Gasteiger partial charge >= 0.3 is 0 Å². The van der Waals surface area contributed by atoms with Crippen molar-refractivity contribution in [3.63, 3.8) is 0 Å². The third-order valence-electron chi connectivity index (χ3n) is 6.48. The molecule has 0 amide bonds. The second kappa shape index (κ2) is 8.33. The van der Waals surface area contributed by atoms with Gasteiger partial charge in [-0.05, 0) is 11.6 Å². The van der Waals surface area contributed by atoms with E-state index in [2.05, 4.69) is 62.6 Å². The van der Waals surface area contributed by atoms with Crippen molar-refractivity contribution in [2.75, 3.05) is 36.0 Å². The van der Waals surface area contributed by atoms with E-state index in [9.17, 15) is 0 Å². The number of fused-ring (bicyclic) bond motifs is 1. The van der Waals surface area contributed by atoms with E-state index in [0.29, 0.717) is 0 Å². The number of hydrogen-bond donors (Lipinski definition) is 0. The predicted molar refractivity (Wildman–Crippen MR) is 132 cm³/mol. The molecule has 0 saturated carbocycles. The van der Waals surface area contributed by atoms with Crippen LogP contribution in [0.1, 0.15) is 11.4 Å². The lowest BCUT2D eigenvalue weighted by molar-refractivity contribution is 0.635. The minimum Gasteiger partial charge on any atom is -0.365 e. The number of hydrogen-bond acceptors (Lipinski definition) is 6. The highest BCUT2D eigenvalue weighted by molar-refractivity contribution is 5.75.